The maximum atomic E-state index is 12.4. The van der Waals surface area contributed by atoms with E-state index >= 15 is 0 Å². The fourth-order valence-electron chi connectivity index (χ4n) is 2.83. The van der Waals surface area contributed by atoms with E-state index < -0.39 is 0 Å². The summed E-state index contributed by atoms with van der Waals surface area (Å²) >= 11 is 0. The first-order valence-electron chi connectivity index (χ1n) is 10.4. The highest BCUT2D eigenvalue weighted by molar-refractivity contribution is 14.0. The number of carbonyl (C=O) groups excluding carboxylic acids is 1. The van der Waals surface area contributed by atoms with Crippen LogP contribution in [0, 0.1) is 0 Å². The van der Waals surface area contributed by atoms with Gasteiger partial charge in [-0.15, -0.1) is 24.0 Å². The first-order chi connectivity index (χ1) is 14.7. The molecular formula is C24H35IN4O3. The Kier molecular flexibility index (Phi) is 11.3. The molecule has 0 fully saturated rings. The molecule has 0 aliphatic rings. The molecule has 3 N–H and O–H groups in total. The van der Waals surface area contributed by atoms with Crippen LogP contribution < -0.4 is 25.4 Å². The Bertz CT molecular complexity index is 897. The molecule has 0 aromatic heterocycles. The van der Waals surface area contributed by atoms with Crippen LogP contribution in [0.3, 0.4) is 0 Å². The molecular weight excluding hydrogens is 519 g/mol. The molecule has 7 nitrogen and oxygen atoms in total. The van der Waals surface area contributed by atoms with E-state index in [2.05, 4.69) is 20.9 Å². The molecule has 0 radical (unpaired) electrons. The fraction of sp³-hybridized carbons (Fsp3) is 0.417. The second kappa shape index (κ2) is 13.1. The summed E-state index contributed by atoms with van der Waals surface area (Å²) in [5.74, 6) is 2.08. The third kappa shape index (κ3) is 9.76. The van der Waals surface area contributed by atoms with Crippen molar-refractivity contribution in [3.63, 3.8) is 0 Å². The highest BCUT2D eigenvalue weighted by Crippen LogP contribution is 2.19. The minimum absolute atomic E-state index is 0. The van der Waals surface area contributed by atoms with Crippen molar-refractivity contribution in [1.29, 1.82) is 0 Å². The van der Waals surface area contributed by atoms with Gasteiger partial charge in [0.25, 0.3) is 5.91 Å². The number of hydrogen-bond donors (Lipinski definition) is 3. The zero-order valence-corrected chi connectivity index (χ0v) is 22.0. The predicted octanol–water partition coefficient (Wildman–Crippen LogP) is 3.97. The number of rotatable bonds is 8. The number of halogens is 1. The zero-order chi connectivity index (χ0) is 22.9. The van der Waals surface area contributed by atoms with Crippen LogP contribution in [0.15, 0.2) is 53.5 Å². The molecule has 0 spiro atoms. The number of aliphatic imine (C=N–C) groups is 1. The molecule has 8 heteroatoms. The lowest BCUT2D eigenvalue weighted by Crippen LogP contribution is -2.41. The molecule has 32 heavy (non-hydrogen) atoms. The second-order valence-electron chi connectivity index (χ2n) is 8.32. The van der Waals surface area contributed by atoms with Crippen molar-refractivity contribution in [2.24, 2.45) is 4.99 Å². The smallest absolute Gasteiger partial charge is 0.251 e. The van der Waals surface area contributed by atoms with E-state index in [1.165, 1.54) is 0 Å². The van der Waals surface area contributed by atoms with Gasteiger partial charge in [0.1, 0.15) is 17.6 Å². The van der Waals surface area contributed by atoms with Gasteiger partial charge in [0.2, 0.25) is 0 Å². The van der Waals surface area contributed by atoms with E-state index in [0.29, 0.717) is 24.6 Å². The van der Waals surface area contributed by atoms with Crippen LogP contribution >= 0.6 is 24.0 Å². The maximum Gasteiger partial charge on any atom is 0.251 e. The Morgan fingerprint density at radius 3 is 2.41 bits per heavy atom. The van der Waals surface area contributed by atoms with Crippen molar-refractivity contribution < 1.29 is 14.3 Å². The van der Waals surface area contributed by atoms with Crippen LogP contribution in [-0.4, -0.2) is 44.2 Å². The number of carbonyl (C=O) groups is 1. The summed E-state index contributed by atoms with van der Waals surface area (Å²) in [6.07, 6.45) is -0.0740. The molecule has 0 heterocycles. The molecule has 0 saturated carbocycles. The number of methoxy groups -OCH3 is 1. The van der Waals surface area contributed by atoms with E-state index in [1.807, 2.05) is 76.2 Å². The quantitative estimate of drug-likeness (QED) is 0.261. The summed E-state index contributed by atoms with van der Waals surface area (Å²) in [6.45, 7) is 8.99. The molecule has 2 rings (SSSR count). The number of benzene rings is 2. The topological polar surface area (TPSA) is 84.0 Å². The van der Waals surface area contributed by atoms with Crippen LogP contribution in [0.1, 0.15) is 43.6 Å². The largest absolute Gasteiger partial charge is 0.497 e. The SMILES string of the molecule is CN=C(NCc1cccc(C(=O)NC(C)(C)C)c1)NCC(C)Oc1cccc(OC)c1.I. The van der Waals surface area contributed by atoms with Gasteiger partial charge in [-0.05, 0) is 57.5 Å². The van der Waals surface area contributed by atoms with E-state index in [1.54, 1.807) is 14.2 Å². The summed E-state index contributed by atoms with van der Waals surface area (Å²) in [5.41, 5.74) is 1.35. The van der Waals surface area contributed by atoms with Gasteiger partial charge in [0, 0.05) is 30.8 Å². The van der Waals surface area contributed by atoms with Crippen molar-refractivity contribution in [3.05, 3.63) is 59.7 Å². The third-order valence-corrected chi connectivity index (χ3v) is 4.30. The molecule has 0 bridgehead atoms. The summed E-state index contributed by atoms with van der Waals surface area (Å²) in [4.78, 5) is 16.6. The van der Waals surface area contributed by atoms with Gasteiger partial charge in [-0.3, -0.25) is 9.79 Å². The number of guanidine groups is 1. The van der Waals surface area contributed by atoms with E-state index in [4.69, 9.17) is 9.47 Å². The monoisotopic (exact) mass is 554 g/mol. The fourth-order valence-corrected chi connectivity index (χ4v) is 2.83. The zero-order valence-electron chi connectivity index (χ0n) is 19.7. The number of nitrogens with one attached hydrogen (secondary N) is 3. The average molecular weight is 554 g/mol. The minimum atomic E-state index is -0.277. The van der Waals surface area contributed by atoms with Crippen molar-refractivity contribution >= 4 is 35.8 Å². The standard InChI is InChI=1S/C24H34N4O3.HI/c1-17(31-21-12-8-11-20(14-21)30-6)15-26-23(25-5)27-16-18-9-7-10-19(13-18)22(29)28-24(2,3)4;/h7-14,17H,15-16H2,1-6H3,(H,28,29)(H2,25,26,27);1H. The lowest BCUT2D eigenvalue weighted by molar-refractivity contribution is 0.0919. The van der Waals surface area contributed by atoms with Crippen molar-refractivity contribution in [1.82, 2.24) is 16.0 Å². The predicted molar refractivity (Wildman–Crippen MR) is 140 cm³/mol. The summed E-state index contributed by atoms with van der Waals surface area (Å²) in [5, 5.41) is 9.51. The first-order valence-corrected chi connectivity index (χ1v) is 10.4. The summed E-state index contributed by atoms with van der Waals surface area (Å²) < 4.78 is 11.1. The molecule has 176 valence electrons. The number of hydrogen-bond acceptors (Lipinski definition) is 4. The van der Waals surface area contributed by atoms with Crippen LogP contribution in [0.4, 0.5) is 0 Å². The van der Waals surface area contributed by atoms with Crippen molar-refractivity contribution in [2.45, 2.75) is 45.9 Å². The van der Waals surface area contributed by atoms with E-state index in [-0.39, 0.29) is 41.5 Å². The number of ether oxygens (including phenoxy) is 2. The van der Waals surface area contributed by atoms with Gasteiger partial charge in [0.05, 0.1) is 13.7 Å². The van der Waals surface area contributed by atoms with Gasteiger partial charge in [0.15, 0.2) is 5.96 Å². The lowest BCUT2D eigenvalue weighted by Gasteiger charge is -2.21. The van der Waals surface area contributed by atoms with Gasteiger partial charge >= 0.3 is 0 Å². The van der Waals surface area contributed by atoms with Gasteiger partial charge < -0.3 is 25.4 Å². The second-order valence-corrected chi connectivity index (χ2v) is 8.32. The summed E-state index contributed by atoms with van der Waals surface area (Å²) in [6, 6.07) is 15.1. The number of nitrogens with zero attached hydrogens (tertiary/aromatic N) is 1. The summed E-state index contributed by atoms with van der Waals surface area (Å²) in [7, 11) is 3.35. The van der Waals surface area contributed by atoms with Crippen LogP contribution in [0.2, 0.25) is 0 Å². The Labute approximate surface area is 208 Å². The molecule has 0 aliphatic carbocycles. The highest BCUT2D eigenvalue weighted by Gasteiger charge is 2.15. The molecule has 1 amide bonds. The Balaban J connectivity index is 0.00000512. The van der Waals surface area contributed by atoms with E-state index in [0.717, 1.165) is 17.1 Å². The normalized spacial score (nSPS) is 12.2. The highest BCUT2D eigenvalue weighted by atomic mass is 127. The Morgan fingerprint density at radius 1 is 1.06 bits per heavy atom. The minimum Gasteiger partial charge on any atom is -0.497 e. The van der Waals surface area contributed by atoms with Crippen LogP contribution in [0.25, 0.3) is 0 Å². The Hall–Kier alpha value is -2.49. The first kappa shape index (κ1) is 27.5. The van der Waals surface area contributed by atoms with Crippen LogP contribution in [-0.2, 0) is 6.54 Å². The molecule has 1 unspecified atom stereocenters. The molecule has 2 aromatic carbocycles. The molecule has 0 saturated heterocycles. The average Bonchev–Trinajstić information content (AvgIpc) is 2.73. The maximum absolute atomic E-state index is 12.4. The van der Waals surface area contributed by atoms with Gasteiger partial charge in [-0.25, -0.2) is 0 Å². The van der Waals surface area contributed by atoms with Gasteiger partial charge in [-0.2, -0.15) is 0 Å². The molecule has 2 aromatic rings. The van der Waals surface area contributed by atoms with E-state index in [9.17, 15) is 4.79 Å². The number of amides is 1. The van der Waals surface area contributed by atoms with Crippen LogP contribution in [0.5, 0.6) is 11.5 Å². The van der Waals surface area contributed by atoms with Crippen molar-refractivity contribution in [3.8, 4) is 11.5 Å². The van der Waals surface area contributed by atoms with Crippen molar-refractivity contribution in [2.75, 3.05) is 20.7 Å². The lowest BCUT2D eigenvalue weighted by atomic mass is 10.1. The van der Waals surface area contributed by atoms with Gasteiger partial charge in [-0.1, -0.05) is 18.2 Å². The molecule has 0 aliphatic heterocycles. The third-order valence-electron chi connectivity index (χ3n) is 4.30. The Morgan fingerprint density at radius 2 is 1.75 bits per heavy atom. The molecule has 1 atom stereocenters.